The number of amides is 2. The molecule has 3 aromatic rings. The highest BCUT2D eigenvalue weighted by Gasteiger charge is 2.21. The molecule has 7 heteroatoms. The Balaban J connectivity index is 1.22. The number of carbonyl (C=O) groups excluding carboxylic acids is 2. The third-order valence-corrected chi connectivity index (χ3v) is 6.09. The number of rotatable bonds is 6. The minimum absolute atomic E-state index is 0.0857. The van der Waals surface area contributed by atoms with E-state index in [1.165, 1.54) is 5.56 Å². The van der Waals surface area contributed by atoms with Crippen molar-refractivity contribution in [3.05, 3.63) is 76.4 Å². The van der Waals surface area contributed by atoms with E-state index < -0.39 is 0 Å². The third kappa shape index (κ3) is 5.48. The van der Waals surface area contributed by atoms with Gasteiger partial charge in [-0.15, -0.1) is 0 Å². The molecule has 2 amide bonds. The second-order valence-electron chi connectivity index (χ2n) is 7.66. The highest BCUT2D eigenvalue weighted by molar-refractivity contribution is 9.10. The zero-order valence-corrected chi connectivity index (χ0v) is 18.8. The van der Waals surface area contributed by atoms with Gasteiger partial charge in [0.05, 0.1) is 5.52 Å². The molecule has 0 atom stereocenters. The quantitative estimate of drug-likeness (QED) is 0.586. The van der Waals surface area contributed by atoms with E-state index in [0.29, 0.717) is 31.6 Å². The van der Waals surface area contributed by atoms with Crippen molar-refractivity contribution in [2.75, 3.05) is 32.7 Å². The number of nitrogens with one attached hydrogen (secondary N) is 1. The Hall–Kier alpha value is -2.77. The van der Waals surface area contributed by atoms with Crippen molar-refractivity contribution in [2.24, 2.45) is 0 Å². The fourth-order valence-corrected chi connectivity index (χ4v) is 4.10. The summed E-state index contributed by atoms with van der Waals surface area (Å²) in [5, 5.41) is 3.98. The summed E-state index contributed by atoms with van der Waals surface area (Å²) >= 11 is 3.36. The molecule has 1 aliphatic heterocycles. The van der Waals surface area contributed by atoms with Gasteiger partial charge in [0.1, 0.15) is 0 Å². The number of para-hydroxylation sites is 1. The predicted octanol–water partition coefficient (Wildman–Crippen LogP) is 3.46. The van der Waals surface area contributed by atoms with Crippen LogP contribution in [0.25, 0.3) is 10.9 Å². The van der Waals surface area contributed by atoms with Crippen LogP contribution in [0.3, 0.4) is 0 Å². The molecule has 31 heavy (non-hydrogen) atoms. The SMILES string of the molecule is O=C(NCCC(=O)N1CCN(Cc2cccc3cccnc23)CC1)c1ccc(Br)cc1. The van der Waals surface area contributed by atoms with Gasteiger partial charge in [-0.05, 0) is 35.9 Å². The molecule has 1 fully saturated rings. The van der Waals surface area contributed by atoms with E-state index in [9.17, 15) is 9.59 Å². The van der Waals surface area contributed by atoms with Crippen LogP contribution >= 0.6 is 15.9 Å². The summed E-state index contributed by atoms with van der Waals surface area (Å²) in [5.41, 5.74) is 2.85. The number of fused-ring (bicyclic) bond motifs is 1. The van der Waals surface area contributed by atoms with Crippen LogP contribution in [0, 0.1) is 0 Å². The van der Waals surface area contributed by atoms with Crippen molar-refractivity contribution in [1.82, 2.24) is 20.1 Å². The Bertz CT molecular complexity index is 1060. The molecule has 1 aromatic heterocycles. The third-order valence-electron chi connectivity index (χ3n) is 5.57. The van der Waals surface area contributed by atoms with E-state index in [2.05, 4.69) is 55.4 Å². The lowest BCUT2D eigenvalue weighted by Crippen LogP contribution is -2.48. The summed E-state index contributed by atoms with van der Waals surface area (Å²) in [7, 11) is 0. The Morgan fingerprint density at radius 2 is 1.71 bits per heavy atom. The molecular weight excluding hydrogens is 456 g/mol. The molecule has 1 aliphatic rings. The first-order valence-corrected chi connectivity index (χ1v) is 11.3. The fourth-order valence-electron chi connectivity index (χ4n) is 3.84. The predicted molar refractivity (Wildman–Crippen MR) is 125 cm³/mol. The molecule has 1 N–H and O–H groups in total. The molecule has 0 unspecified atom stereocenters. The van der Waals surface area contributed by atoms with Crippen LogP contribution < -0.4 is 5.32 Å². The average Bonchev–Trinajstić information content (AvgIpc) is 2.80. The van der Waals surface area contributed by atoms with Crippen LogP contribution in [0.1, 0.15) is 22.3 Å². The monoisotopic (exact) mass is 480 g/mol. The number of hydrogen-bond acceptors (Lipinski definition) is 4. The summed E-state index contributed by atoms with van der Waals surface area (Å²) in [6.45, 7) is 4.26. The van der Waals surface area contributed by atoms with E-state index in [0.717, 1.165) is 35.0 Å². The minimum atomic E-state index is -0.159. The fraction of sp³-hybridized carbons (Fsp3) is 0.292. The number of pyridine rings is 1. The van der Waals surface area contributed by atoms with Gasteiger partial charge in [0.15, 0.2) is 0 Å². The summed E-state index contributed by atoms with van der Waals surface area (Å²) in [6.07, 6.45) is 2.15. The molecule has 0 radical (unpaired) electrons. The van der Waals surface area contributed by atoms with E-state index >= 15 is 0 Å². The molecule has 160 valence electrons. The molecule has 1 saturated heterocycles. The van der Waals surface area contributed by atoms with Gasteiger partial charge in [-0.1, -0.05) is 40.2 Å². The zero-order chi connectivity index (χ0) is 21.6. The Kier molecular flexibility index (Phi) is 6.94. The van der Waals surface area contributed by atoms with Gasteiger partial charge in [-0.25, -0.2) is 0 Å². The largest absolute Gasteiger partial charge is 0.352 e. The standard InChI is InChI=1S/C24H25BrN4O2/c25-21-8-6-19(7-9-21)24(31)27-12-10-22(30)29-15-13-28(14-16-29)17-20-4-1-3-18-5-2-11-26-23(18)20/h1-9,11H,10,12-17H2,(H,27,31). The van der Waals surface area contributed by atoms with Gasteiger partial charge in [0, 0.05) is 67.3 Å². The van der Waals surface area contributed by atoms with Crippen molar-refractivity contribution >= 4 is 38.6 Å². The number of aromatic nitrogens is 1. The summed E-state index contributed by atoms with van der Waals surface area (Å²) in [4.78, 5) is 33.5. The lowest BCUT2D eigenvalue weighted by atomic mass is 10.1. The van der Waals surface area contributed by atoms with E-state index in [-0.39, 0.29) is 11.8 Å². The van der Waals surface area contributed by atoms with Crippen LogP contribution in [0.2, 0.25) is 0 Å². The molecule has 6 nitrogen and oxygen atoms in total. The average molecular weight is 481 g/mol. The maximum Gasteiger partial charge on any atom is 0.251 e. The Labute approximate surface area is 190 Å². The molecule has 2 heterocycles. The molecule has 0 saturated carbocycles. The second-order valence-corrected chi connectivity index (χ2v) is 8.58. The van der Waals surface area contributed by atoms with Crippen LogP contribution in [-0.2, 0) is 11.3 Å². The van der Waals surface area contributed by atoms with E-state index in [4.69, 9.17) is 0 Å². The van der Waals surface area contributed by atoms with Crippen LogP contribution in [0.15, 0.2) is 65.3 Å². The van der Waals surface area contributed by atoms with Gasteiger partial charge in [-0.3, -0.25) is 19.5 Å². The molecule has 0 spiro atoms. The van der Waals surface area contributed by atoms with Crippen molar-refractivity contribution in [1.29, 1.82) is 0 Å². The zero-order valence-electron chi connectivity index (χ0n) is 17.3. The van der Waals surface area contributed by atoms with Gasteiger partial charge in [0.25, 0.3) is 5.91 Å². The summed E-state index contributed by atoms with van der Waals surface area (Å²) in [6, 6.07) is 17.5. The van der Waals surface area contributed by atoms with Gasteiger partial charge >= 0.3 is 0 Å². The topological polar surface area (TPSA) is 65.5 Å². The summed E-state index contributed by atoms with van der Waals surface area (Å²) < 4.78 is 0.926. The van der Waals surface area contributed by atoms with Gasteiger partial charge < -0.3 is 10.2 Å². The van der Waals surface area contributed by atoms with Crippen LogP contribution in [0.5, 0.6) is 0 Å². The molecular formula is C24H25BrN4O2. The first-order valence-electron chi connectivity index (χ1n) is 10.5. The number of carbonyl (C=O) groups is 2. The smallest absolute Gasteiger partial charge is 0.251 e. The Morgan fingerprint density at radius 3 is 2.48 bits per heavy atom. The van der Waals surface area contributed by atoms with Gasteiger partial charge in [0.2, 0.25) is 5.91 Å². The molecule has 2 aromatic carbocycles. The van der Waals surface area contributed by atoms with Gasteiger partial charge in [-0.2, -0.15) is 0 Å². The second kappa shape index (κ2) is 10.0. The Morgan fingerprint density at radius 1 is 0.968 bits per heavy atom. The van der Waals surface area contributed by atoms with Crippen molar-refractivity contribution < 1.29 is 9.59 Å². The molecule has 0 bridgehead atoms. The minimum Gasteiger partial charge on any atom is -0.352 e. The number of benzene rings is 2. The maximum atomic E-state index is 12.5. The van der Waals surface area contributed by atoms with Crippen molar-refractivity contribution in [3.63, 3.8) is 0 Å². The highest BCUT2D eigenvalue weighted by atomic mass is 79.9. The number of halogens is 1. The molecule has 0 aliphatic carbocycles. The van der Waals surface area contributed by atoms with Crippen molar-refractivity contribution in [2.45, 2.75) is 13.0 Å². The maximum absolute atomic E-state index is 12.5. The van der Waals surface area contributed by atoms with E-state index in [1.54, 1.807) is 12.1 Å². The first-order chi connectivity index (χ1) is 15.1. The number of nitrogens with zero attached hydrogens (tertiary/aromatic N) is 3. The number of hydrogen-bond donors (Lipinski definition) is 1. The van der Waals surface area contributed by atoms with Crippen molar-refractivity contribution in [3.8, 4) is 0 Å². The normalized spacial score (nSPS) is 14.5. The first kappa shape index (κ1) is 21.5. The lowest BCUT2D eigenvalue weighted by molar-refractivity contribution is -0.132. The van der Waals surface area contributed by atoms with Crippen LogP contribution in [-0.4, -0.2) is 59.3 Å². The summed E-state index contributed by atoms with van der Waals surface area (Å²) in [5.74, 6) is -0.0728. The lowest BCUT2D eigenvalue weighted by Gasteiger charge is -2.35. The highest BCUT2D eigenvalue weighted by Crippen LogP contribution is 2.18. The van der Waals surface area contributed by atoms with Crippen LogP contribution in [0.4, 0.5) is 0 Å². The molecule has 4 rings (SSSR count). The number of piperazine rings is 1. The van der Waals surface area contributed by atoms with E-state index in [1.807, 2.05) is 29.3 Å².